The molecule has 3 nitrogen and oxygen atoms in total. The van der Waals surface area contributed by atoms with E-state index in [2.05, 4.69) is 0 Å². The Kier molecular flexibility index (Phi) is 1.91. The van der Waals surface area contributed by atoms with Crippen molar-refractivity contribution in [2.75, 3.05) is 6.54 Å². The fourth-order valence-electron chi connectivity index (χ4n) is 4.94. The SMILES string of the molecule is NC[C@@]1(CC(=O)O)[C@H]2CC[C@H]3C[C@@H]2[C@@H]1C3. The molecule has 0 aromatic heterocycles. The van der Waals surface area contributed by atoms with Crippen LogP contribution >= 0.6 is 0 Å². The molecule has 2 bridgehead atoms. The predicted molar refractivity (Wildman–Crippen MR) is 56.2 cm³/mol. The van der Waals surface area contributed by atoms with Crippen LogP contribution in [0.3, 0.4) is 0 Å². The number of fused-ring (bicyclic) bond motifs is 1. The van der Waals surface area contributed by atoms with Crippen LogP contribution in [0.1, 0.15) is 32.1 Å². The third-order valence-corrected chi connectivity index (χ3v) is 5.45. The Labute approximate surface area is 90.0 Å². The summed E-state index contributed by atoms with van der Waals surface area (Å²) in [6, 6.07) is 0. The highest BCUT2D eigenvalue weighted by Crippen LogP contribution is 2.70. The van der Waals surface area contributed by atoms with Gasteiger partial charge in [-0.2, -0.15) is 0 Å². The molecule has 0 unspecified atom stereocenters. The van der Waals surface area contributed by atoms with Crippen molar-refractivity contribution < 1.29 is 9.90 Å². The van der Waals surface area contributed by atoms with Gasteiger partial charge in [-0.1, -0.05) is 6.42 Å². The molecule has 3 fully saturated rings. The first-order chi connectivity index (χ1) is 7.17. The third kappa shape index (κ3) is 1.07. The second kappa shape index (κ2) is 2.97. The summed E-state index contributed by atoms with van der Waals surface area (Å²) in [6.07, 6.45) is 5.47. The summed E-state index contributed by atoms with van der Waals surface area (Å²) >= 11 is 0. The van der Waals surface area contributed by atoms with Crippen molar-refractivity contribution in [3.63, 3.8) is 0 Å². The Morgan fingerprint density at radius 1 is 1.33 bits per heavy atom. The van der Waals surface area contributed by atoms with Crippen molar-refractivity contribution in [2.24, 2.45) is 34.8 Å². The molecule has 0 radical (unpaired) electrons. The lowest BCUT2D eigenvalue weighted by Crippen LogP contribution is -2.59. The van der Waals surface area contributed by atoms with Crippen molar-refractivity contribution in [2.45, 2.75) is 32.1 Å². The summed E-state index contributed by atoms with van der Waals surface area (Å²) in [7, 11) is 0. The Morgan fingerprint density at radius 3 is 2.80 bits per heavy atom. The molecular weight excluding hydrogens is 190 g/mol. The third-order valence-electron chi connectivity index (χ3n) is 5.45. The van der Waals surface area contributed by atoms with Crippen LogP contribution < -0.4 is 5.73 Å². The van der Waals surface area contributed by atoms with E-state index in [1.165, 1.54) is 25.7 Å². The highest BCUT2D eigenvalue weighted by Gasteiger charge is 2.65. The highest BCUT2D eigenvalue weighted by atomic mass is 16.4. The molecule has 0 amide bonds. The maximum Gasteiger partial charge on any atom is 0.303 e. The lowest BCUT2D eigenvalue weighted by atomic mass is 9.45. The molecular formula is C12H19NO2. The maximum atomic E-state index is 11.0. The summed E-state index contributed by atoms with van der Waals surface area (Å²) in [5.41, 5.74) is 5.87. The maximum absolute atomic E-state index is 11.0. The van der Waals surface area contributed by atoms with E-state index in [1.54, 1.807) is 0 Å². The minimum atomic E-state index is -0.658. The lowest BCUT2D eigenvalue weighted by molar-refractivity contribution is -0.156. The zero-order chi connectivity index (χ0) is 10.6. The molecule has 5 atom stereocenters. The normalized spacial score (nSPS) is 51.3. The molecule has 0 heterocycles. The standard InChI is InChI=1S/C12H19NO2/c13-6-12(5-11(14)15)9-2-1-7-3-8(9)10(12)4-7/h7-10H,1-6,13H2,(H,14,15)/t7-,8-,9-,10-,12-/m0/s1. The number of carboxylic acids is 1. The van der Waals surface area contributed by atoms with Gasteiger partial charge in [-0.05, 0) is 54.9 Å². The molecule has 0 saturated heterocycles. The van der Waals surface area contributed by atoms with E-state index in [9.17, 15) is 4.79 Å². The van der Waals surface area contributed by atoms with Crippen LogP contribution in [0.4, 0.5) is 0 Å². The second-order valence-corrected chi connectivity index (χ2v) is 5.80. The number of nitrogens with two attached hydrogens (primary N) is 1. The van der Waals surface area contributed by atoms with Crippen LogP contribution in [0, 0.1) is 29.1 Å². The van der Waals surface area contributed by atoms with Gasteiger partial charge in [0.15, 0.2) is 0 Å². The molecule has 15 heavy (non-hydrogen) atoms. The van der Waals surface area contributed by atoms with Gasteiger partial charge in [0.25, 0.3) is 0 Å². The first-order valence-corrected chi connectivity index (χ1v) is 6.09. The van der Waals surface area contributed by atoms with E-state index >= 15 is 0 Å². The molecule has 3 heteroatoms. The van der Waals surface area contributed by atoms with Crippen LogP contribution in [0.15, 0.2) is 0 Å². The van der Waals surface area contributed by atoms with Crippen molar-refractivity contribution in [3.05, 3.63) is 0 Å². The first-order valence-electron chi connectivity index (χ1n) is 6.09. The molecule has 3 aliphatic carbocycles. The van der Waals surface area contributed by atoms with Gasteiger partial charge in [0.1, 0.15) is 0 Å². The van der Waals surface area contributed by atoms with E-state index < -0.39 is 5.97 Å². The van der Waals surface area contributed by atoms with Crippen LogP contribution in [-0.2, 0) is 4.79 Å². The molecule has 0 aromatic carbocycles. The summed E-state index contributed by atoms with van der Waals surface area (Å²) < 4.78 is 0. The monoisotopic (exact) mass is 209 g/mol. The molecule has 0 aliphatic heterocycles. The van der Waals surface area contributed by atoms with Gasteiger partial charge in [-0.25, -0.2) is 0 Å². The smallest absolute Gasteiger partial charge is 0.303 e. The topological polar surface area (TPSA) is 63.3 Å². The van der Waals surface area contributed by atoms with E-state index in [0.717, 1.165) is 11.8 Å². The fourth-order valence-corrected chi connectivity index (χ4v) is 4.94. The number of aliphatic carboxylic acids is 1. The Balaban J connectivity index is 1.88. The number of carboxylic acid groups (broad SMARTS) is 1. The largest absolute Gasteiger partial charge is 0.481 e. The zero-order valence-corrected chi connectivity index (χ0v) is 8.98. The average molecular weight is 209 g/mol. The Bertz CT molecular complexity index is 296. The van der Waals surface area contributed by atoms with Gasteiger partial charge in [0.05, 0.1) is 6.42 Å². The number of hydrogen-bond donors (Lipinski definition) is 2. The molecule has 3 saturated carbocycles. The van der Waals surface area contributed by atoms with E-state index in [1.807, 2.05) is 0 Å². The minimum absolute atomic E-state index is 0.0260. The van der Waals surface area contributed by atoms with Crippen molar-refractivity contribution in [1.29, 1.82) is 0 Å². The van der Waals surface area contributed by atoms with E-state index in [4.69, 9.17) is 10.8 Å². The molecule has 0 spiro atoms. The quantitative estimate of drug-likeness (QED) is 0.740. The molecule has 3 aliphatic rings. The number of rotatable bonds is 3. The van der Waals surface area contributed by atoms with Crippen LogP contribution in [0.2, 0.25) is 0 Å². The Hall–Kier alpha value is -0.570. The molecule has 84 valence electrons. The minimum Gasteiger partial charge on any atom is -0.481 e. The van der Waals surface area contributed by atoms with Gasteiger partial charge in [-0.3, -0.25) is 4.79 Å². The molecule has 0 aromatic rings. The zero-order valence-electron chi connectivity index (χ0n) is 8.98. The fraction of sp³-hybridized carbons (Fsp3) is 0.917. The van der Waals surface area contributed by atoms with Gasteiger partial charge in [0.2, 0.25) is 0 Å². The summed E-state index contributed by atoms with van der Waals surface area (Å²) in [5, 5.41) is 9.04. The van der Waals surface area contributed by atoms with Gasteiger partial charge < -0.3 is 10.8 Å². The van der Waals surface area contributed by atoms with E-state index in [-0.39, 0.29) is 5.41 Å². The van der Waals surface area contributed by atoms with Crippen LogP contribution in [-0.4, -0.2) is 17.6 Å². The van der Waals surface area contributed by atoms with E-state index in [0.29, 0.717) is 24.8 Å². The Morgan fingerprint density at radius 2 is 2.13 bits per heavy atom. The number of carbonyl (C=O) groups is 1. The first kappa shape index (κ1) is 9.64. The predicted octanol–water partition coefficient (Wildman–Crippen LogP) is 1.47. The van der Waals surface area contributed by atoms with Gasteiger partial charge in [-0.15, -0.1) is 0 Å². The molecule has 3 rings (SSSR count). The summed E-state index contributed by atoms with van der Waals surface area (Å²) in [5.74, 6) is 2.32. The van der Waals surface area contributed by atoms with Crippen LogP contribution in [0.25, 0.3) is 0 Å². The highest BCUT2D eigenvalue weighted by molar-refractivity contribution is 5.68. The van der Waals surface area contributed by atoms with Crippen LogP contribution in [0.5, 0.6) is 0 Å². The number of hydrogen-bond acceptors (Lipinski definition) is 2. The van der Waals surface area contributed by atoms with Crippen molar-refractivity contribution >= 4 is 5.97 Å². The van der Waals surface area contributed by atoms with Gasteiger partial charge in [0, 0.05) is 0 Å². The summed E-state index contributed by atoms with van der Waals surface area (Å²) in [6.45, 7) is 0.581. The lowest BCUT2D eigenvalue weighted by Gasteiger charge is -2.59. The van der Waals surface area contributed by atoms with Crippen molar-refractivity contribution in [1.82, 2.24) is 0 Å². The van der Waals surface area contributed by atoms with Gasteiger partial charge >= 0.3 is 5.97 Å². The molecule has 3 N–H and O–H groups in total. The van der Waals surface area contributed by atoms with Crippen molar-refractivity contribution in [3.8, 4) is 0 Å². The average Bonchev–Trinajstić information content (AvgIpc) is 2.40. The second-order valence-electron chi connectivity index (χ2n) is 5.80. The summed E-state index contributed by atoms with van der Waals surface area (Å²) in [4.78, 5) is 11.0.